The monoisotopic (exact) mass is 426 g/mol. The molecule has 4 rings (SSSR count). The fourth-order valence-corrected chi connectivity index (χ4v) is 4.87. The minimum atomic E-state index is -2.03. The summed E-state index contributed by atoms with van der Waals surface area (Å²) in [6.07, 6.45) is -1.63. The lowest BCUT2D eigenvalue weighted by Crippen LogP contribution is -2.50. The van der Waals surface area contributed by atoms with E-state index < -0.39 is 49.6 Å². The Morgan fingerprint density at radius 2 is 1.93 bits per heavy atom. The predicted octanol–water partition coefficient (Wildman–Crippen LogP) is 1.62. The van der Waals surface area contributed by atoms with Gasteiger partial charge in [-0.3, -0.25) is 9.78 Å². The molecule has 4 atom stereocenters. The van der Waals surface area contributed by atoms with Crippen LogP contribution in [-0.4, -0.2) is 48.6 Å². The van der Waals surface area contributed by atoms with E-state index in [0.29, 0.717) is 12.3 Å². The molecule has 9 nitrogen and oxygen atoms in total. The molecule has 2 fully saturated rings. The zero-order valence-corrected chi connectivity index (χ0v) is 19.0. The molecule has 2 saturated heterocycles. The highest BCUT2D eigenvalue weighted by Gasteiger charge is 2.67. The highest BCUT2D eigenvalue weighted by Crippen LogP contribution is 2.49. The van der Waals surface area contributed by atoms with Crippen LogP contribution in [0.15, 0.2) is 15.7 Å². The molecule has 0 bridgehead atoms. The van der Waals surface area contributed by atoms with E-state index in [1.54, 1.807) is 0 Å². The number of H-pyrrole nitrogens is 1. The van der Waals surface area contributed by atoms with E-state index in [0.717, 1.165) is 0 Å². The molecule has 0 unspecified atom stereocenters. The first-order chi connectivity index (χ1) is 13.3. The third-order valence-electron chi connectivity index (χ3n) is 6.35. The molecular weight excluding hydrogens is 396 g/mol. The molecule has 0 radical (unpaired) electrons. The molecule has 3 aliphatic heterocycles. The first-order valence-electron chi connectivity index (χ1n) is 9.93. The van der Waals surface area contributed by atoms with Gasteiger partial charge in [-0.25, -0.2) is 9.36 Å². The Labute approximate surface area is 170 Å². The van der Waals surface area contributed by atoms with Gasteiger partial charge >= 0.3 is 5.69 Å². The molecule has 1 aromatic heterocycles. The van der Waals surface area contributed by atoms with E-state index in [4.69, 9.17) is 23.4 Å². The Hall–Kier alpha value is -1.30. The molecule has 0 saturated carbocycles. The summed E-state index contributed by atoms with van der Waals surface area (Å²) in [4.78, 5) is 26.6. The number of nitrogens with zero attached hydrogens (tertiary/aromatic N) is 1. The fourth-order valence-electron chi connectivity index (χ4n) is 3.86. The van der Waals surface area contributed by atoms with Crippen LogP contribution in [0.1, 0.15) is 40.3 Å². The number of aromatic nitrogens is 2. The summed E-state index contributed by atoms with van der Waals surface area (Å²) in [5, 5.41) is 0.0435. The van der Waals surface area contributed by atoms with Crippen molar-refractivity contribution in [1.29, 1.82) is 0 Å². The number of hydrogen-bond donors (Lipinski definition) is 1. The van der Waals surface area contributed by atoms with Crippen molar-refractivity contribution in [1.82, 2.24) is 9.55 Å². The van der Waals surface area contributed by atoms with E-state index in [1.165, 1.54) is 10.6 Å². The highest BCUT2D eigenvalue weighted by atomic mass is 28.4. The number of hydrogen-bond acceptors (Lipinski definition) is 7. The molecule has 10 heteroatoms. The third-order valence-corrected chi connectivity index (χ3v) is 10.8. The number of nitrogens with one attached hydrogen (secondary N) is 1. The molecule has 0 aromatic carbocycles. The largest absolute Gasteiger partial charge is 0.414 e. The second-order valence-electron chi connectivity index (χ2n) is 9.93. The maximum absolute atomic E-state index is 12.6. The van der Waals surface area contributed by atoms with Crippen LogP contribution in [0.3, 0.4) is 0 Å². The van der Waals surface area contributed by atoms with E-state index in [9.17, 15) is 9.59 Å². The van der Waals surface area contributed by atoms with Crippen molar-refractivity contribution in [2.75, 3.05) is 6.61 Å². The SMILES string of the molecule is CC1(C)O[C@H]2[C@@H](O1)[C@@]1(OCc3cc(=O)[nH]c(=O)n31)O[C@@H]2CO[Si](C)(C)C(C)(C)C. The standard InChI is InChI=1S/C19H30N2O7Si/c1-17(2,3)29(6,7)25-10-12-14-15(28-18(4,5)27-14)19(26-12)21-11(9-24-19)8-13(22)20-16(21)23/h8,12,14-15H,9-10H2,1-7H3,(H,20,22,23)/t12-,14-,15-,19-/m1/s1. The summed E-state index contributed by atoms with van der Waals surface area (Å²) in [6, 6.07) is 1.34. The Morgan fingerprint density at radius 3 is 2.59 bits per heavy atom. The van der Waals surface area contributed by atoms with Gasteiger partial charge in [0.25, 0.3) is 11.5 Å². The van der Waals surface area contributed by atoms with Gasteiger partial charge in [0.1, 0.15) is 12.2 Å². The number of rotatable bonds is 3. The van der Waals surface area contributed by atoms with Gasteiger partial charge in [-0.1, -0.05) is 20.8 Å². The first kappa shape index (κ1) is 20.9. The molecule has 29 heavy (non-hydrogen) atoms. The average Bonchev–Trinajstić information content (AvgIpc) is 3.16. The number of aromatic amines is 1. The van der Waals surface area contributed by atoms with Crippen LogP contribution >= 0.6 is 0 Å². The minimum Gasteiger partial charge on any atom is -0.414 e. The van der Waals surface area contributed by atoms with Gasteiger partial charge in [0.2, 0.25) is 0 Å². The van der Waals surface area contributed by atoms with Gasteiger partial charge < -0.3 is 23.4 Å². The third kappa shape index (κ3) is 3.26. The Kier molecular flexibility index (Phi) is 4.59. The van der Waals surface area contributed by atoms with Crippen LogP contribution in [0.5, 0.6) is 0 Å². The van der Waals surface area contributed by atoms with Gasteiger partial charge in [-0.05, 0) is 32.0 Å². The summed E-state index contributed by atoms with van der Waals surface area (Å²) in [6.45, 7) is 14.9. The maximum Gasteiger partial charge on any atom is 0.332 e. The molecule has 0 aliphatic carbocycles. The van der Waals surface area contributed by atoms with Gasteiger partial charge in [0.05, 0.1) is 18.9 Å². The zero-order valence-electron chi connectivity index (χ0n) is 18.0. The van der Waals surface area contributed by atoms with E-state index in [1.807, 2.05) is 13.8 Å². The van der Waals surface area contributed by atoms with Crippen LogP contribution in [-0.2, 0) is 35.9 Å². The van der Waals surface area contributed by atoms with Crippen molar-refractivity contribution < 1.29 is 23.4 Å². The number of fused-ring (bicyclic) bond motifs is 4. The normalized spacial score (nSPS) is 33.3. The van der Waals surface area contributed by atoms with Crippen LogP contribution in [0.2, 0.25) is 18.1 Å². The van der Waals surface area contributed by atoms with Gasteiger partial charge in [-0.2, -0.15) is 0 Å². The molecule has 3 aliphatic rings. The Morgan fingerprint density at radius 1 is 1.24 bits per heavy atom. The Balaban J connectivity index is 1.69. The van der Waals surface area contributed by atoms with Gasteiger partial charge in [-0.15, -0.1) is 0 Å². The lowest BCUT2D eigenvalue weighted by atomic mass is 10.1. The summed E-state index contributed by atoms with van der Waals surface area (Å²) in [7, 11) is -2.03. The van der Waals surface area contributed by atoms with Gasteiger partial charge in [0.15, 0.2) is 20.2 Å². The van der Waals surface area contributed by atoms with Crippen LogP contribution < -0.4 is 11.2 Å². The fraction of sp³-hybridized carbons (Fsp3) is 0.789. The predicted molar refractivity (Wildman–Crippen MR) is 106 cm³/mol. The Bertz CT molecular complexity index is 932. The quantitative estimate of drug-likeness (QED) is 0.733. The second kappa shape index (κ2) is 6.35. The minimum absolute atomic E-state index is 0.0435. The molecule has 1 N–H and O–H groups in total. The van der Waals surface area contributed by atoms with E-state index in [2.05, 4.69) is 38.8 Å². The number of ether oxygens (including phenoxy) is 4. The van der Waals surface area contributed by atoms with Crippen molar-refractivity contribution in [3.05, 3.63) is 32.6 Å². The molecule has 162 valence electrons. The summed E-state index contributed by atoms with van der Waals surface area (Å²) < 4.78 is 32.2. The van der Waals surface area contributed by atoms with Crippen molar-refractivity contribution in [2.45, 2.75) is 89.4 Å². The lowest BCUT2D eigenvalue weighted by Gasteiger charge is -2.37. The van der Waals surface area contributed by atoms with Gasteiger partial charge in [0, 0.05) is 6.07 Å². The van der Waals surface area contributed by atoms with E-state index >= 15 is 0 Å². The molecule has 0 amide bonds. The highest BCUT2D eigenvalue weighted by molar-refractivity contribution is 6.74. The van der Waals surface area contributed by atoms with Crippen molar-refractivity contribution in [3.63, 3.8) is 0 Å². The molecular formula is C19H30N2O7Si. The summed E-state index contributed by atoms with van der Waals surface area (Å²) in [5.41, 5.74) is -0.627. The molecule has 1 spiro atoms. The van der Waals surface area contributed by atoms with Crippen molar-refractivity contribution >= 4 is 8.32 Å². The summed E-state index contributed by atoms with van der Waals surface area (Å²) in [5.74, 6) is -2.35. The molecule has 1 aromatic rings. The van der Waals surface area contributed by atoms with Crippen LogP contribution in [0.4, 0.5) is 0 Å². The topological polar surface area (TPSA) is 101 Å². The summed E-state index contributed by atoms with van der Waals surface area (Å²) >= 11 is 0. The molecule has 4 heterocycles. The van der Waals surface area contributed by atoms with Crippen LogP contribution in [0, 0.1) is 0 Å². The van der Waals surface area contributed by atoms with E-state index in [-0.39, 0.29) is 11.6 Å². The maximum atomic E-state index is 12.6. The van der Waals surface area contributed by atoms with Crippen molar-refractivity contribution in [2.24, 2.45) is 0 Å². The smallest absolute Gasteiger partial charge is 0.332 e. The first-order valence-corrected chi connectivity index (χ1v) is 12.8. The zero-order chi connectivity index (χ0) is 21.4. The van der Waals surface area contributed by atoms with Crippen molar-refractivity contribution in [3.8, 4) is 0 Å². The lowest BCUT2D eigenvalue weighted by molar-refractivity contribution is -0.328. The average molecular weight is 427 g/mol. The van der Waals surface area contributed by atoms with Crippen LogP contribution in [0.25, 0.3) is 0 Å². The second-order valence-corrected chi connectivity index (χ2v) is 14.7.